The van der Waals surface area contributed by atoms with Crippen molar-refractivity contribution < 1.29 is 35.2 Å². The first-order valence-electron chi connectivity index (χ1n) is 18.1. The van der Waals surface area contributed by atoms with Crippen LogP contribution in [-0.4, -0.2) is 13.9 Å². The third-order valence-corrected chi connectivity index (χ3v) is 10.8. The Labute approximate surface area is 332 Å². The van der Waals surface area contributed by atoms with E-state index in [4.69, 9.17) is 19.4 Å². The van der Waals surface area contributed by atoms with Crippen LogP contribution in [0.3, 0.4) is 0 Å². The van der Waals surface area contributed by atoms with Crippen LogP contribution in [0, 0.1) is 0 Å². The smallest absolute Gasteiger partial charge is 0.447 e. The van der Waals surface area contributed by atoms with Gasteiger partial charge in [0.2, 0.25) is 5.75 Å². The van der Waals surface area contributed by atoms with Gasteiger partial charge in [-0.1, -0.05) is 127 Å². The lowest BCUT2D eigenvalue weighted by atomic mass is 9.96. The van der Waals surface area contributed by atoms with Gasteiger partial charge in [-0.25, -0.2) is 0 Å². The predicted molar refractivity (Wildman–Crippen MR) is 222 cm³/mol. The number of nitrogens with zero attached hydrogens (tertiary/aromatic N) is 1. The fraction of sp³-hybridized carbons (Fsp3) is 0.0213. The number of alkyl halides is 3. The van der Waals surface area contributed by atoms with Crippen LogP contribution in [0.25, 0.3) is 44.2 Å². The molecule has 0 atom stereocenters. The lowest BCUT2D eigenvalue weighted by Crippen LogP contribution is -2.28. The number of anilines is 4. The highest BCUT2D eigenvalue weighted by atomic mass is 32.2. The van der Waals surface area contributed by atoms with Crippen molar-refractivity contribution in [2.45, 2.75) is 5.51 Å². The molecule has 0 amide bonds. The largest absolute Gasteiger partial charge is 0.534 e. The van der Waals surface area contributed by atoms with Gasteiger partial charge in [-0.05, 0) is 81.7 Å². The maximum atomic E-state index is 13.8. The van der Waals surface area contributed by atoms with E-state index >= 15 is 0 Å². The molecule has 11 heteroatoms. The SMILES string of the molecule is Nc1ccccc1-c1cccc2ccc3c(c12)Oc1c(OS(=O)(=O)C(F)(F)F)ccc(N(c2ccc(-c4ccccc4)cc2)c2ccc(-c4ccccc4)cc2)c1O3. The molecule has 8 aromatic rings. The van der Waals surface area contributed by atoms with Crippen molar-refractivity contribution in [3.63, 3.8) is 0 Å². The average Bonchev–Trinajstić information content (AvgIpc) is 3.24. The molecule has 0 aromatic heterocycles. The number of halogens is 3. The molecule has 0 fully saturated rings. The Morgan fingerprint density at radius 3 is 1.66 bits per heavy atom. The van der Waals surface area contributed by atoms with Gasteiger partial charge in [0.25, 0.3) is 0 Å². The standard InChI is InChI=1S/C47H31F3N2O5S/c48-47(49,50)58(53,54)57-42-29-27-40(44-46(42)56-45-41(55-44)28-22-34-14-9-16-38(43(34)45)37-15-7-8-17-39(37)51)52(35-23-18-32(19-24-35)30-10-3-1-4-11-30)36-25-20-33(21-26-36)31-12-5-2-6-13-31/h1-29H,51H2. The second-order valence-electron chi connectivity index (χ2n) is 13.5. The van der Waals surface area contributed by atoms with E-state index in [9.17, 15) is 21.6 Å². The Kier molecular flexibility index (Phi) is 9.01. The van der Waals surface area contributed by atoms with Crippen LogP contribution in [0.4, 0.5) is 35.9 Å². The molecule has 1 heterocycles. The molecule has 1 aliphatic rings. The molecule has 0 unspecified atom stereocenters. The number of rotatable bonds is 8. The van der Waals surface area contributed by atoms with Crippen LogP contribution < -0.4 is 24.3 Å². The van der Waals surface area contributed by atoms with Crippen LogP contribution in [0.1, 0.15) is 0 Å². The monoisotopic (exact) mass is 792 g/mol. The molecule has 0 aliphatic carbocycles. The Morgan fingerprint density at radius 1 is 0.517 bits per heavy atom. The maximum Gasteiger partial charge on any atom is 0.534 e. The van der Waals surface area contributed by atoms with E-state index in [-0.39, 0.29) is 23.0 Å². The minimum Gasteiger partial charge on any atom is -0.447 e. The summed E-state index contributed by atoms with van der Waals surface area (Å²) in [5.74, 6) is -0.779. The van der Waals surface area contributed by atoms with Crippen LogP contribution in [0.5, 0.6) is 28.7 Å². The van der Waals surface area contributed by atoms with Crippen molar-refractivity contribution in [1.82, 2.24) is 0 Å². The van der Waals surface area contributed by atoms with Gasteiger partial charge in [0.15, 0.2) is 23.0 Å². The molecule has 0 saturated heterocycles. The molecule has 58 heavy (non-hydrogen) atoms. The van der Waals surface area contributed by atoms with Crippen LogP contribution in [-0.2, 0) is 10.1 Å². The predicted octanol–water partition coefficient (Wildman–Crippen LogP) is 13.0. The highest BCUT2D eigenvalue weighted by Gasteiger charge is 2.49. The molecular weight excluding hydrogens is 762 g/mol. The van der Waals surface area contributed by atoms with Crippen LogP contribution in [0.2, 0.25) is 0 Å². The van der Waals surface area contributed by atoms with Gasteiger partial charge in [-0.15, -0.1) is 0 Å². The summed E-state index contributed by atoms with van der Waals surface area (Å²) in [6.07, 6.45) is 0. The van der Waals surface area contributed by atoms with E-state index in [0.29, 0.717) is 44.6 Å². The number of nitrogens with two attached hydrogens (primary N) is 1. The van der Waals surface area contributed by atoms with Crippen molar-refractivity contribution in [2.24, 2.45) is 0 Å². The lowest BCUT2D eigenvalue weighted by Gasteiger charge is -2.31. The zero-order chi connectivity index (χ0) is 40.0. The molecule has 0 spiro atoms. The summed E-state index contributed by atoms with van der Waals surface area (Å²) in [6, 6.07) is 54.1. The van der Waals surface area contributed by atoms with E-state index in [1.807, 2.05) is 150 Å². The summed E-state index contributed by atoms with van der Waals surface area (Å²) in [5, 5.41) is 1.26. The molecule has 7 nitrogen and oxygen atoms in total. The normalized spacial score (nSPS) is 12.2. The third-order valence-electron chi connectivity index (χ3n) is 9.87. The maximum absolute atomic E-state index is 13.8. The van der Waals surface area contributed by atoms with Crippen molar-refractivity contribution in [1.29, 1.82) is 0 Å². The van der Waals surface area contributed by atoms with Gasteiger partial charge < -0.3 is 24.3 Å². The van der Waals surface area contributed by atoms with Crippen molar-refractivity contribution in [2.75, 3.05) is 10.6 Å². The quantitative estimate of drug-likeness (QED) is 0.0930. The Hall–Kier alpha value is -7.24. The Balaban J connectivity index is 1.25. The zero-order valence-electron chi connectivity index (χ0n) is 30.4. The highest BCUT2D eigenvalue weighted by Crippen LogP contribution is 2.59. The summed E-state index contributed by atoms with van der Waals surface area (Å²) in [7, 11) is -6.13. The lowest BCUT2D eigenvalue weighted by molar-refractivity contribution is -0.0500. The number of ether oxygens (including phenoxy) is 2. The summed E-state index contributed by atoms with van der Waals surface area (Å²) in [6.45, 7) is 0. The van der Waals surface area contributed by atoms with E-state index in [1.54, 1.807) is 18.2 Å². The third kappa shape index (κ3) is 6.61. The van der Waals surface area contributed by atoms with E-state index in [2.05, 4.69) is 0 Å². The molecule has 8 aromatic carbocycles. The molecule has 0 saturated carbocycles. The van der Waals surface area contributed by atoms with Gasteiger partial charge in [-0.2, -0.15) is 21.6 Å². The van der Waals surface area contributed by atoms with Crippen molar-refractivity contribution >= 4 is 43.6 Å². The number of hydrogen-bond acceptors (Lipinski definition) is 7. The van der Waals surface area contributed by atoms with Gasteiger partial charge in [0, 0.05) is 28.0 Å². The Bertz CT molecular complexity index is 2840. The minimum atomic E-state index is -6.13. The fourth-order valence-electron chi connectivity index (χ4n) is 7.12. The summed E-state index contributed by atoms with van der Waals surface area (Å²) in [5.41, 5.74) is 8.13. The van der Waals surface area contributed by atoms with Crippen LogP contribution in [0.15, 0.2) is 176 Å². The number of nitrogen functional groups attached to an aromatic ring is 1. The van der Waals surface area contributed by atoms with E-state index in [0.717, 1.165) is 28.3 Å². The molecule has 0 radical (unpaired) electrons. The first-order chi connectivity index (χ1) is 28.1. The summed E-state index contributed by atoms with van der Waals surface area (Å²) >= 11 is 0. The zero-order valence-corrected chi connectivity index (χ0v) is 31.2. The number of benzene rings is 8. The second-order valence-corrected chi connectivity index (χ2v) is 15.0. The van der Waals surface area contributed by atoms with E-state index in [1.165, 1.54) is 6.07 Å². The van der Waals surface area contributed by atoms with Gasteiger partial charge in [0.1, 0.15) is 0 Å². The van der Waals surface area contributed by atoms with Crippen molar-refractivity contribution in [3.05, 3.63) is 176 Å². The summed E-state index contributed by atoms with van der Waals surface area (Å²) in [4.78, 5) is 1.86. The van der Waals surface area contributed by atoms with Crippen molar-refractivity contribution in [3.8, 4) is 62.1 Å². The molecule has 0 bridgehead atoms. The van der Waals surface area contributed by atoms with Gasteiger partial charge >= 0.3 is 15.6 Å². The molecule has 2 N–H and O–H groups in total. The molecule has 286 valence electrons. The number of fused-ring (bicyclic) bond motifs is 4. The summed E-state index contributed by atoms with van der Waals surface area (Å²) < 4.78 is 84.6. The second kappa shape index (κ2) is 14.4. The highest BCUT2D eigenvalue weighted by molar-refractivity contribution is 7.88. The average molecular weight is 793 g/mol. The van der Waals surface area contributed by atoms with E-state index < -0.39 is 21.4 Å². The Morgan fingerprint density at radius 2 is 1.07 bits per heavy atom. The number of hydrogen-bond donors (Lipinski definition) is 1. The van der Waals surface area contributed by atoms with Gasteiger partial charge in [0.05, 0.1) is 5.69 Å². The molecular formula is C47H31F3N2O5S. The minimum absolute atomic E-state index is 0.0716. The topological polar surface area (TPSA) is 91.1 Å². The first-order valence-corrected chi connectivity index (χ1v) is 19.5. The molecule has 9 rings (SSSR count). The first kappa shape index (κ1) is 36.4. The van der Waals surface area contributed by atoms with Crippen LogP contribution >= 0.6 is 0 Å². The molecule has 1 aliphatic heterocycles. The fourth-order valence-corrected chi connectivity index (χ4v) is 7.58. The number of para-hydroxylation sites is 1. The van der Waals surface area contributed by atoms with Gasteiger partial charge in [-0.3, -0.25) is 0 Å².